The fraction of sp³-hybridized carbons (Fsp3) is 0.429. The Morgan fingerprint density at radius 1 is 1.25 bits per heavy atom. The Morgan fingerprint density at radius 3 is 2.65 bits per heavy atom. The van der Waals surface area contributed by atoms with Gasteiger partial charge in [-0.2, -0.15) is 0 Å². The lowest BCUT2D eigenvalue weighted by Crippen LogP contribution is -2.33. The standard InChI is InChI=1S/C14H15Cl2NO3/c15-11-5-4-8(6-12(11)16)13(18)17-7-9-2-1-3-10(9)14(19)20/h4-6,9-10H,1-3,7H2,(H,17,18)(H,19,20). The van der Waals surface area contributed by atoms with Crippen LogP contribution in [0.4, 0.5) is 0 Å². The Bertz CT molecular complexity index is 533. The van der Waals surface area contributed by atoms with E-state index in [0.717, 1.165) is 12.8 Å². The van der Waals surface area contributed by atoms with Crippen molar-refractivity contribution in [3.63, 3.8) is 0 Å². The molecular weight excluding hydrogens is 301 g/mol. The molecule has 0 radical (unpaired) electrons. The average molecular weight is 316 g/mol. The summed E-state index contributed by atoms with van der Waals surface area (Å²) in [6.45, 7) is 0.371. The van der Waals surface area contributed by atoms with Crippen LogP contribution in [0.15, 0.2) is 18.2 Å². The van der Waals surface area contributed by atoms with Crippen LogP contribution in [-0.2, 0) is 4.79 Å². The molecule has 108 valence electrons. The number of halogens is 2. The van der Waals surface area contributed by atoms with Gasteiger partial charge < -0.3 is 10.4 Å². The van der Waals surface area contributed by atoms with Crippen LogP contribution >= 0.6 is 23.2 Å². The van der Waals surface area contributed by atoms with Gasteiger partial charge in [-0.3, -0.25) is 9.59 Å². The molecule has 20 heavy (non-hydrogen) atoms. The Kier molecular flexibility index (Phi) is 4.89. The van der Waals surface area contributed by atoms with Crippen LogP contribution in [0.25, 0.3) is 0 Å². The first-order valence-corrected chi connectivity index (χ1v) is 7.20. The Balaban J connectivity index is 1.95. The van der Waals surface area contributed by atoms with Gasteiger partial charge in [-0.15, -0.1) is 0 Å². The molecule has 2 rings (SSSR count). The summed E-state index contributed by atoms with van der Waals surface area (Å²) in [6, 6.07) is 4.66. The lowest BCUT2D eigenvalue weighted by atomic mass is 9.96. The molecule has 1 saturated carbocycles. The highest BCUT2D eigenvalue weighted by atomic mass is 35.5. The number of hydrogen-bond acceptors (Lipinski definition) is 2. The highest BCUT2D eigenvalue weighted by Gasteiger charge is 2.32. The maximum Gasteiger partial charge on any atom is 0.306 e. The molecule has 6 heteroatoms. The Labute approximate surface area is 127 Å². The summed E-state index contributed by atoms with van der Waals surface area (Å²) in [5, 5.41) is 12.6. The van der Waals surface area contributed by atoms with Gasteiger partial charge in [0.15, 0.2) is 0 Å². The number of rotatable bonds is 4. The summed E-state index contributed by atoms with van der Waals surface area (Å²) in [6.07, 6.45) is 2.41. The highest BCUT2D eigenvalue weighted by molar-refractivity contribution is 6.42. The van der Waals surface area contributed by atoms with Crippen molar-refractivity contribution in [3.05, 3.63) is 33.8 Å². The van der Waals surface area contributed by atoms with Crippen molar-refractivity contribution >= 4 is 35.1 Å². The fourth-order valence-electron chi connectivity index (χ4n) is 2.57. The van der Waals surface area contributed by atoms with Crippen molar-refractivity contribution in [1.29, 1.82) is 0 Å². The van der Waals surface area contributed by atoms with Gasteiger partial charge in [0.25, 0.3) is 5.91 Å². The van der Waals surface area contributed by atoms with E-state index in [1.54, 1.807) is 12.1 Å². The first-order chi connectivity index (χ1) is 9.49. The molecule has 0 aromatic heterocycles. The quantitative estimate of drug-likeness (QED) is 0.896. The van der Waals surface area contributed by atoms with E-state index in [0.29, 0.717) is 28.6 Å². The van der Waals surface area contributed by atoms with E-state index in [4.69, 9.17) is 28.3 Å². The number of aliphatic carboxylic acids is 1. The molecule has 0 saturated heterocycles. The largest absolute Gasteiger partial charge is 0.481 e. The predicted molar refractivity (Wildman–Crippen MR) is 77.3 cm³/mol. The predicted octanol–water partition coefficient (Wildman–Crippen LogP) is 3.22. The minimum absolute atomic E-state index is 0.000720. The van der Waals surface area contributed by atoms with Crippen LogP contribution in [0.1, 0.15) is 29.6 Å². The van der Waals surface area contributed by atoms with Crippen LogP contribution in [0, 0.1) is 11.8 Å². The van der Waals surface area contributed by atoms with Gasteiger partial charge in [-0.1, -0.05) is 29.6 Å². The first kappa shape index (κ1) is 15.1. The highest BCUT2D eigenvalue weighted by Crippen LogP contribution is 2.31. The molecule has 0 heterocycles. The van der Waals surface area contributed by atoms with Crippen molar-refractivity contribution in [1.82, 2.24) is 5.32 Å². The monoisotopic (exact) mass is 315 g/mol. The van der Waals surface area contributed by atoms with E-state index in [2.05, 4.69) is 5.32 Å². The maximum absolute atomic E-state index is 12.0. The number of benzene rings is 1. The molecule has 1 aliphatic rings. The van der Waals surface area contributed by atoms with E-state index in [9.17, 15) is 9.59 Å². The SMILES string of the molecule is O=C(NCC1CCCC1C(=O)O)c1ccc(Cl)c(Cl)c1. The second kappa shape index (κ2) is 6.46. The van der Waals surface area contributed by atoms with Crippen LogP contribution in [0.3, 0.4) is 0 Å². The fourth-order valence-corrected chi connectivity index (χ4v) is 2.87. The maximum atomic E-state index is 12.0. The average Bonchev–Trinajstić information content (AvgIpc) is 2.87. The minimum Gasteiger partial charge on any atom is -0.481 e. The number of nitrogens with one attached hydrogen (secondary N) is 1. The van der Waals surface area contributed by atoms with Crippen LogP contribution in [0.5, 0.6) is 0 Å². The van der Waals surface area contributed by atoms with E-state index in [-0.39, 0.29) is 17.7 Å². The van der Waals surface area contributed by atoms with Crippen LogP contribution in [0.2, 0.25) is 10.0 Å². The molecule has 1 fully saturated rings. The third kappa shape index (κ3) is 3.44. The molecular formula is C14H15Cl2NO3. The summed E-state index contributed by atoms with van der Waals surface area (Å²) in [5.74, 6) is -1.40. The second-order valence-electron chi connectivity index (χ2n) is 4.97. The second-order valence-corrected chi connectivity index (χ2v) is 5.79. The Hall–Kier alpha value is -1.26. The van der Waals surface area contributed by atoms with Gasteiger partial charge in [-0.05, 0) is 37.0 Å². The number of hydrogen-bond donors (Lipinski definition) is 2. The smallest absolute Gasteiger partial charge is 0.306 e. The van der Waals surface area contributed by atoms with Crippen LogP contribution in [-0.4, -0.2) is 23.5 Å². The summed E-state index contributed by atoms with van der Waals surface area (Å²) >= 11 is 11.7. The number of carbonyl (C=O) groups is 2. The van der Waals surface area contributed by atoms with E-state index in [1.165, 1.54) is 6.07 Å². The summed E-state index contributed by atoms with van der Waals surface area (Å²) in [7, 11) is 0. The zero-order chi connectivity index (χ0) is 14.7. The molecule has 1 aromatic rings. The normalized spacial score (nSPS) is 21.7. The van der Waals surface area contributed by atoms with Crippen molar-refractivity contribution in [2.45, 2.75) is 19.3 Å². The molecule has 1 aliphatic carbocycles. The summed E-state index contributed by atoms with van der Waals surface area (Å²) < 4.78 is 0. The van der Waals surface area contributed by atoms with Crippen molar-refractivity contribution in [2.24, 2.45) is 11.8 Å². The van der Waals surface area contributed by atoms with Gasteiger partial charge in [0.2, 0.25) is 0 Å². The lowest BCUT2D eigenvalue weighted by molar-refractivity contribution is -0.142. The number of carboxylic acid groups (broad SMARTS) is 1. The molecule has 0 aliphatic heterocycles. The molecule has 2 atom stereocenters. The van der Waals surface area contributed by atoms with Crippen molar-refractivity contribution in [2.75, 3.05) is 6.54 Å². The van der Waals surface area contributed by atoms with Gasteiger partial charge >= 0.3 is 5.97 Å². The van der Waals surface area contributed by atoms with Gasteiger partial charge in [0.05, 0.1) is 16.0 Å². The molecule has 4 nitrogen and oxygen atoms in total. The van der Waals surface area contributed by atoms with E-state index >= 15 is 0 Å². The molecule has 1 aromatic carbocycles. The van der Waals surface area contributed by atoms with Crippen molar-refractivity contribution in [3.8, 4) is 0 Å². The topological polar surface area (TPSA) is 66.4 Å². The molecule has 0 bridgehead atoms. The Morgan fingerprint density at radius 2 is 2.00 bits per heavy atom. The van der Waals surface area contributed by atoms with E-state index in [1.807, 2.05) is 0 Å². The van der Waals surface area contributed by atoms with Crippen molar-refractivity contribution < 1.29 is 14.7 Å². The van der Waals surface area contributed by atoms with Gasteiger partial charge in [0.1, 0.15) is 0 Å². The molecule has 2 N–H and O–H groups in total. The van der Waals surface area contributed by atoms with Gasteiger partial charge in [0, 0.05) is 12.1 Å². The number of amides is 1. The molecule has 0 spiro atoms. The summed E-state index contributed by atoms with van der Waals surface area (Å²) in [4.78, 5) is 23.0. The lowest BCUT2D eigenvalue weighted by Gasteiger charge is -2.16. The van der Waals surface area contributed by atoms with E-state index < -0.39 is 5.97 Å². The summed E-state index contributed by atoms with van der Waals surface area (Å²) in [5.41, 5.74) is 0.421. The van der Waals surface area contributed by atoms with Gasteiger partial charge in [-0.25, -0.2) is 0 Å². The molecule has 1 amide bonds. The number of carbonyl (C=O) groups excluding carboxylic acids is 1. The number of carboxylic acids is 1. The third-order valence-electron chi connectivity index (χ3n) is 3.68. The minimum atomic E-state index is -0.781. The van der Waals surface area contributed by atoms with Crippen LogP contribution < -0.4 is 5.32 Å². The first-order valence-electron chi connectivity index (χ1n) is 6.45. The zero-order valence-electron chi connectivity index (χ0n) is 10.7. The molecule has 2 unspecified atom stereocenters. The zero-order valence-corrected chi connectivity index (χ0v) is 12.2. The third-order valence-corrected chi connectivity index (χ3v) is 4.42.